The molecular formula is C24H29N3O2. The minimum atomic E-state index is -0.538. The Kier molecular flexibility index (Phi) is 5.51. The highest BCUT2D eigenvalue weighted by molar-refractivity contribution is 6.08. The number of rotatable bonds is 5. The van der Waals surface area contributed by atoms with Gasteiger partial charge in [-0.05, 0) is 44.9 Å². The normalized spacial score (nSPS) is 18.5. The van der Waals surface area contributed by atoms with E-state index in [0.717, 1.165) is 28.6 Å². The first kappa shape index (κ1) is 20.6. The third kappa shape index (κ3) is 4.19. The van der Waals surface area contributed by atoms with Gasteiger partial charge >= 0.3 is 0 Å². The van der Waals surface area contributed by atoms with Crippen molar-refractivity contribution in [3.8, 4) is 0 Å². The average molecular weight is 392 g/mol. The molecule has 1 saturated heterocycles. The molecule has 1 fully saturated rings. The lowest BCUT2D eigenvalue weighted by molar-refractivity contribution is -0.130. The van der Waals surface area contributed by atoms with E-state index in [4.69, 9.17) is 0 Å². The minimum absolute atomic E-state index is 0.218. The summed E-state index contributed by atoms with van der Waals surface area (Å²) >= 11 is 0. The molecule has 5 heteroatoms. The number of carbonyl (C=O) groups is 2. The van der Waals surface area contributed by atoms with Crippen molar-refractivity contribution < 1.29 is 9.59 Å². The lowest BCUT2D eigenvalue weighted by atomic mass is 9.86. The second-order valence-electron chi connectivity index (χ2n) is 8.45. The third-order valence-electron chi connectivity index (χ3n) is 5.34. The summed E-state index contributed by atoms with van der Waals surface area (Å²) in [5, 5.41) is 6.42. The number of fused-ring (bicyclic) bond motifs is 1. The van der Waals surface area contributed by atoms with Crippen molar-refractivity contribution in [2.45, 2.75) is 52.5 Å². The van der Waals surface area contributed by atoms with Crippen molar-refractivity contribution in [1.29, 1.82) is 0 Å². The Morgan fingerprint density at radius 1 is 1.24 bits per heavy atom. The van der Waals surface area contributed by atoms with Gasteiger partial charge in [0.15, 0.2) is 0 Å². The van der Waals surface area contributed by atoms with Crippen LogP contribution in [0.2, 0.25) is 0 Å². The van der Waals surface area contributed by atoms with Crippen LogP contribution in [0, 0.1) is 0 Å². The zero-order valence-corrected chi connectivity index (χ0v) is 17.8. The number of allylic oxidation sites excluding steroid dienone is 3. The number of amides is 2. The summed E-state index contributed by atoms with van der Waals surface area (Å²) in [6, 6.07) is 5.77. The Labute approximate surface area is 172 Å². The molecule has 2 aromatic rings. The summed E-state index contributed by atoms with van der Waals surface area (Å²) in [5.41, 5.74) is 5.24. The molecule has 3 N–H and O–H groups in total. The topological polar surface area (TPSA) is 74.0 Å². The van der Waals surface area contributed by atoms with Crippen molar-refractivity contribution in [1.82, 2.24) is 15.6 Å². The Morgan fingerprint density at radius 2 is 1.97 bits per heavy atom. The van der Waals surface area contributed by atoms with E-state index in [1.165, 1.54) is 11.1 Å². The quantitative estimate of drug-likeness (QED) is 0.530. The lowest BCUT2D eigenvalue weighted by Crippen LogP contribution is -2.53. The van der Waals surface area contributed by atoms with E-state index in [0.29, 0.717) is 0 Å². The first-order chi connectivity index (χ1) is 13.6. The molecule has 152 valence electrons. The maximum Gasteiger partial charge on any atom is 0.268 e. The van der Waals surface area contributed by atoms with Crippen molar-refractivity contribution >= 4 is 28.8 Å². The summed E-state index contributed by atoms with van der Waals surface area (Å²) in [6.07, 6.45) is 6.70. The van der Waals surface area contributed by atoms with Gasteiger partial charge in [0.1, 0.15) is 11.7 Å². The first-order valence-corrected chi connectivity index (χ1v) is 9.88. The molecule has 1 atom stereocenters. The maximum atomic E-state index is 12.4. The van der Waals surface area contributed by atoms with E-state index in [9.17, 15) is 9.59 Å². The van der Waals surface area contributed by atoms with Gasteiger partial charge in [-0.1, -0.05) is 43.7 Å². The van der Waals surface area contributed by atoms with Gasteiger partial charge in [0, 0.05) is 27.6 Å². The van der Waals surface area contributed by atoms with E-state index in [2.05, 4.69) is 74.2 Å². The molecule has 0 bridgehead atoms. The van der Waals surface area contributed by atoms with Gasteiger partial charge < -0.3 is 15.6 Å². The monoisotopic (exact) mass is 391 g/mol. The van der Waals surface area contributed by atoms with Crippen LogP contribution in [0.3, 0.4) is 0 Å². The number of carbonyl (C=O) groups excluding carboxylic acids is 2. The fraction of sp³-hybridized carbons (Fsp3) is 0.333. The van der Waals surface area contributed by atoms with Crippen molar-refractivity contribution in [3.63, 3.8) is 0 Å². The molecule has 0 unspecified atom stereocenters. The predicted molar refractivity (Wildman–Crippen MR) is 118 cm³/mol. The molecule has 0 aliphatic carbocycles. The highest BCUT2D eigenvalue weighted by atomic mass is 16.2. The minimum Gasteiger partial charge on any atom is -0.357 e. The second-order valence-corrected chi connectivity index (χ2v) is 8.45. The first-order valence-electron chi connectivity index (χ1n) is 9.88. The van der Waals surface area contributed by atoms with Crippen LogP contribution in [0.1, 0.15) is 51.4 Å². The second kappa shape index (κ2) is 7.74. The molecule has 2 heterocycles. The molecule has 0 radical (unpaired) electrons. The Hall–Kier alpha value is -3.08. The third-order valence-corrected chi connectivity index (χ3v) is 5.34. The number of aromatic amines is 1. The smallest absolute Gasteiger partial charge is 0.268 e. The van der Waals surface area contributed by atoms with Gasteiger partial charge in [-0.3, -0.25) is 9.59 Å². The number of hydrogen-bond donors (Lipinski definition) is 3. The Balaban J connectivity index is 2.15. The summed E-state index contributed by atoms with van der Waals surface area (Å²) in [4.78, 5) is 28.0. The maximum absolute atomic E-state index is 12.4. The van der Waals surface area contributed by atoms with Crippen LogP contribution in [0.15, 0.2) is 48.2 Å². The summed E-state index contributed by atoms with van der Waals surface area (Å²) in [6.45, 7) is 14.0. The molecule has 1 aliphatic rings. The molecule has 2 amide bonds. The summed E-state index contributed by atoms with van der Waals surface area (Å²) < 4.78 is 0. The van der Waals surface area contributed by atoms with Gasteiger partial charge in [0.05, 0.1) is 0 Å². The molecule has 0 spiro atoms. The van der Waals surface area contributed by atoms with Gasteiger partial charge in [-0.2, -0.15) is 0 Å². The van der Waals surface area contributed by atoms with Gasteiger partial charge in [-0.15, -0.1) is 6.58 Å². The number of H-pyrrole nitrogens is 1. The van der Waals surface area contributed by atoms with Crippen molar-refractivity contribution in [3.05, 3.63) is 65.0 Å². The average Bonchev–Trinajstić information content (AvgIpc) is 3.03. The fourth-order valence-electron chi connectivity index (χ4n) is 3.36. The number of hydrogen-bond acceptors (Lipinski definition) is 2. The van der Waals surface area contributed by atoms with Crippen LogP contribution >= 0.6 is 0 Å². The highest BCUT2D eigenvalue weighted by Gasteiger charge is 2.28. The molecule has 5 nitrogen and oxygen atoms in total. The zero-order valence-electron chi connectivity index (χ0n) is 17.8. The summed E-state index contributed by atoms with van der Waals surface area (Å²) in [5.74, 6) is -0.502. The van der Waals surface area contributed by atoms with Gasteiger partial charge in [0.25, 0.3) is 5.91 Å². The zero-order chi connectivity index (χ0) is 21.3. The standard InChI is InChI=1S/C24H29N3O2/c1-7-24(5,6)21-18(13-20-23(29)25-15(4)22(28)27-20)17-11-10-16(9-8-14(2)3)12-19(17)26-21/h7-8,10-13,15,26H,1,9H2,2-6H3,(H,25,29)(H,27,28)/b20-13-/t15-/m0/s1. The van der Waals surface area contributed by atoms with Crippen molar-refractivity contribution in [2.75, 3.05) is 0 Å². The van der Waals surface area contributed by atoms with E-state index >= 15 is 0 Å². The SMILES string of the molecule is C=CC(C)(C)c1[nH]c2cc(CC=C(C)C)ccc2c1/C=C1\NC(=O)[C@H](C)NC1=O. The van der Waals surface area contributed by atoms with E-state index < -0.39 is 6.04 Å². The van der Waals surface area contributed by atoms with Crippen LogP contribution in [0.4, 0.5) is 0 Å². The highest BCUT2D eigenvalue weighted by Crippen LogP contribution is 2.34. The molecular weight excluding hydrogens is 362 g/mol. The van der Waals surface area contributed by atoms with Crippen molar-refractivity contribution in [2.24, 2.45) is 0 Å². The lowest BCUT2D eigenvalue weighted by Gasteiger charge is -2.23. The number of nitrogens with one attached hydrogen (secondary N) is 3. The largest absolute Gasteiger partial charge is 0.357 e. The number of benzene rings is 1. The number of aromatic nitrogens is 1. The van der Waals surface area contributed by atoms with Crippen LogP contribution in [-0.2, 0) is 21.4 Å². The molecule has 0 saturated carbocycles. The fourth-order valence-corrected chi connectivity index (χ4v) is 3.36. The molecule has 3 rings (SSSR count). The van der Waals surface area contributed by atoms with Crippen LogP contribution in [0.5, 0.6) is 0 Å². The van der Waals surface area contributed by atoms with E-state index in [-0.39, 0.29) is 22.9 Å². The van der Waals surface area contributed by atoms with E-state index in [1.807, 2.05) is 6.08 Å². The van der Waals surface area contributed by atoms with Gasteiger partial charge in [-0.25, -0.2) is 0 Å². The van der Waals surface area contributed by atoms with Crippen LogP contribution in [-0.4, -0.2) is 22.8 Å². The molecule has 1 aromatic carbocycles. The molecule has 1 aliphatic heterocycles. The van der Waals surface area contributed by atoms with Crippen LogP contribution in [0.25, 0.3) is 17.0 Å². The summed E-state index contributed by atoms with van der Waals surface area (Å²) in [7, 11) is 0. The number of piperazine rings is 1. The Morgan fingerprint density at radius 3 is 2.62 bits per heavy atom. The predicted octanol–water partition coefficient (Wildman–Crippen LogP) is 4.12. The van der Waals surface area contributed by atoms with Crippen LogP contribution < -0.4 is 10.6 Å². The Bertz CT molecular complexity index is 1050. The molecule has 1 aromatic heterocycles. The molecule has 29 heavy (non-hydrogen) atoms. The van der Waals surface area contributed by atoms with E-state index in [1.54, 1.807) is 13.0 Å². The van der Waals surface area contributed by atoms with Gasteiger partial charge in [0.2, 0.25) is 5.91 Å².